The fourth-order valence-corrected chi connectivity index (χ4v) is 8.56. The summed E-state index contributed by atoms with van der Waals surface area (Å²) in [6.45, 7) is -0.500. The van der Waals surface area contributed by atoms with Gasteiger partial charge in [-0.05, 0) is 110 Å². The number of ether oxygens (including phenoxy) is 1. The summed E-state index contributed by atoms with van der Waals surface area (Å²) in [7, 11) is -5.42. The Kier molecular flexibility index (Phi) is 10.8. The van der Waals surface area contributed by atoms with Gasteiger partial charge in [-0.3, -0.25) is 9.59 Å². The number of benzene rings is 4. The van der Waals surface area contributed by atoms with Crippen LogP contribution in [0.4, 0.5) is 23.2 Å². The number of Topliss-reactive ketones (excluding diaryl/α,β-unsaturated/α-hetero) is 1. The highest BCUT2D eigenvalue weighted by molar-refractivity contribution is 7.89. The van der Waals surface area contributed by atoms with Crippen molar-refractivity contribution in [3.8, 4) is 5.75 Å². The maximum absolute atomic E-state index is 15.5. The van der Waals surface area contributed by atoms with Gasteiger partial charge in [0, 0.05) is 17.1 Å². The lowest BCUT2D eigenvalue weighted by molar-refractivity contribution is -0.119. The number of hydrogen-bond donors (Lipinski definition) is 0. The van der Waals surface area contributed by atoms with Crippen LogP contribution in [0.3, 0.4) is 0 Å². The Morgan fingerprint density at radius 2 is 1.39 bits per heavy atom. The molecule has 284 valence electrons. The van der Waals surface area contributed by atoms with Crippen molar-refractivity contribution in [1.82, 2.24) is 4.31 Å². The van der Waals surface area contributed by atoms with Crippen LogP contribution in [0.2, 0.25) is 15.1 Å². The van der Waals surface area contributed by atoms with Crippen molar-refractivity contribution in [3.05, 3.63) is 121 Å². The van der Waals surface area contributed by atoms with Gasteiger partial charge in [0.1, 0.15) is 21.6 Å². The quantitative estimate of drug-likeness (QED) is 0.0547. The van der Waals surface area contributed by atoms with E-state index in [4.69, 9.17) is 39.5 Å². The molecule has 15 heteroatoms. The second kappa shape index (κ2) is 15.1. The maximum Gasteiger partial charge on any atom is 0.249 e. The SMILES string of the molecule is CC(=O)c1ccc(N(Cc2cc(C3CC3)cc(C3CC3)c2)C(=O)CN(Cc2ccc(F)cc2Cl)S(=O)(=O)c2c(F)c(Cl)c(F)c(Cl)c2F)c(OC2CC2)c1. The number of amides is 1. The van der Waals surface area contributed by atoms with E-state index in [2.05, 4.69) is 6.07 Å². The Morgan fingerprint density at radius 3 is 1.93 bits per heavy atom. The lowest BCUT2D eigenvalue weighted by atomic mass is 9.99. The van der Waals surface area contributed by atoms with Crippen molar-refractivity contribution in [1.29, 1.82) is 0 Å². The highest BCUT2D eigenvalue weighted by Gasteiger charge is 2.39. The highest BCUT2D eigenvalue weighted by Crippen LogP contribution is 2.46. The summed E-state index contributed by atoms with van der Waals surface area (Å²) < 4.78 is 94.6. The Balaban J connectivity index is 1.35. The molecule has 4 aromatic rings. The minimum absolute atomic E-state index is 0.0177. The van der Waals surface area contributed by atoms with Gasteiger partial charge in [0.25, 0.3) is 0 Å². The molecule has 3 aliphatic carbocycles. The normalized spacial score (nSPS) is 15.8. The van der Waals surface area contributed by atoms with E-state index in [9.17, 15) is 26.8 Å². The van der Waals surface area contributed by atoms with Crippen molar-refractivity contribution in [2.45, 2.75) is 81.4 Å². The van der Waals surface area contributed by atoms with Gasteiger partial charge in [-0.1, -0.05) is 59.1 Å². The fraction of sp³-hybridized carbons (Fsp3) is 0.333. The predicted molar refractivity (Wildman–Crippen MR) is 197 cm³/mol. The minimum Gasteiger partial charge on any atom is -0.488 e. The monoisotopic (exact) mass is 822 g/mol. The number of anilines is 1. The smallest absolute Gasteiger partial charge is 0.249 e. The predicted octanol–water partition coefficient (Wildman–Crippen LogP) is 10.1. The largest absolute Gasteiger partial charge is 0.488 e. The average molecular weight is 824 g/mol. The third-order valence-corrected chi connectivity index (χ3v) is 12.5. The molecule has 1 amide bonds. The summed E-state index contributed by atoms with van der Waals surface area (Å²) in [5.41, 5.74) is 3.55. The molecule has 0 aromatic heterocycles. The number of carbonyl (C=O) groups excluding carboxylic acids is 2. The molecule has 0 radical (unpaired) electrons. The zero-order valence-corrected chi connectivity index (χ0v) is 31.9. The van der Waals surface area contributed by atoms with Crippen molar-refractivity contribution in [2.75, 3.05) is 11.4 Å². The van der Waals surface area contributed by atoms with E-state index in [1.807, 2.05) is 12.1 Å². The Hall–Kier alpha value is -3.68. The Bertz CT molecular complexity index is 2240. The zero-order chi connectivity index (χ0) is 38.6. The van der Waals surface area contributed by atoms with Gasteiger partial charge in [-0.25, -0.2) is 26.0 Å². The first-order valence-electron chi connectivity index (χ1n) is 17.3. The Morgan fingerprint density at radius 1 is 0.778 bits per heavy atom. The van der Waals surface area contributed by atoms with E-state index in [-0.39, 0.29) is 40.5 Å². The third-order valence-electron chi connectivity index (χ3n) is 9.69. The topological polar surface area (TPSA) is 84.0 Å². The fourth-order valence-electron chi connectivity index (χ4n) is 6.29. The van der Waals surface area contributed by atoms with Crippen LogP contribution < -0.4 is 9.64 Å². The number of rotatable bonds is 14. The second-order valence-corrected chi connectivity index (χ2v) is 17.0. The first-order valence-corrected chi connectivity index (χ1v) is 19.9. The van der Waals surface area contributed by atoms with Crippen molar-refractivity contribution in [2.24, 2.45) is 0 Å². The summed E-state index contributed by atoms with van der Waals surface area (Å²) in [4.78, 5) is 26.8. The molecule has 54 heavy (non-hydrogen) atoms. The molecule has 0 aliphatic heterocycles. The zero-order valence-electron chi connectivity index (χ0n) is 28.8. The van der Waals surface area contributed by atoms with Crippen molar-refractivity contribution in [3.63, 3.8) is 0 Å². The van der Waals surface area contributed by atoms with Gasteiger partial charge in [-0.15, -0.1) is 0 Å². The van der Waals surface area contributed by atoms with Crippen LogP contribution in [0.5, 0.6) is 5.75 Å². The maximum atomic E-state index is 15.5. The summed E-state index contributed by atoms with van der Waals surface area (Å²) in [6, 6.07) is 13.8. The van der Waals surface area contributed by atoms with Gasteiger partial charge in [0.2, 0.25) is 15.9 Å². The third kappa shape index (κ3) is 8.14. The molecule has 7 rings (SSSR count). The summed E-state index contributed by atoms with van der Waals surface area (Å²) >= 11 is 17.7. The number of sulfonamides is 1. The van der Waals surface area contributed by atoms with Crippen molar-refractivity contribution < 1.29 is 40.3 Å². The van der Waals surface area contributed by atoms with E-state index in [0.717, 1.165) is 73.4 Å². The molecule has 3 fully saturated rings. The van der Waals surface area contributed by atoms with E-state index >= 15 is 8.78 Å². The molecule has 0 unspecified atom stereocenters. The van der Waals surface area contributed by atoms with E-state index in [1.165, 1.54) is 30.0 Å². The van der Waals surface area contributed by atoms with E-state index in [1.54, 1.807) is 0 Å². The summed E-state index contributed by atoms with van der Waals surface area (Å²) in [6.07, 6.45) is 5.46. The average Bonchev–Trinajstić information content (AvgIpc) is 3.96. The molecule has 0 heterocycles. The lowest BCUT2D eigenvalue weighted by Crippen LogP contribution is -2.43. The molecular weight excluding hydrogens is 791 g/mol. The number of halogens is 7. The Labute approximate surface area is 324 Å². The van der Waals surface area contributed by atoms with Gasteiger partial charge in [0.05, 0.1) is 24.9 Å². The molecule has 3 saturated carbocycles. The van der Waals surface area contributed by atoms with E-state index < -0.39 is 67.2 Å². The van der Waals surface area contributed by atoms with Crippen LogP contribution in [0.1, 0.15) is 89.9 Å². The van der Waals surface area contributed by atoms with Gasteiger partial charge in [-0.2, -0.15) is 4.31 Å². The van der Waals surface area contributed by atoms with Crippen LogP contribution in [0, 0.1) is 23.3 Å². The van der Waals surface area contributed by atoms with Crippen molar-refractivity contribution >= 4 is 62.2 Å². The lowest BCUT2D eigenvalue weighted by Gasteiger charge is -2.29. The summed E-state index contributed by atoms with van der Waals surface area (Å²) in [5, 5.41) is -2.98. The van der Waals surface area contributed by atoms with Crippen LogP contribution in [-0.2, 0) is 27.9 Å². The molecule has 3 aliphatic rings. The first kappa shape index (κ1) is 38.6. The molecule has 7 nitrogen and oxygen atoms in total. The van der Waals surface area contributed by atoms with Crippen LogP contribution in [0.15, 0.2) is 59.5 Å². The van der Waals surface area contributed by atoms with Crippen LogP contribution >= 0.6 is 34.8 Å². The number of nitrogens with zero attached hydrogens (tertiary/aromatic N) is 2. The molecule has 0 atom stereocenters. The van der Waals surface area contributed by atoms with E-state index in [0.29, 0.717) is 21.7 Å². The molecule has 0 spiro atoms. The number of carbonyl (C=O) groups is 2. The second-order valence-electron chi connectivity index (χ2n) is 14.0. The van der Waals surface area contributed by atoms with Gasteiger partial charge >= 0.3 is 0 Å². The number of ketones is 1. The van der Waals surface area contributed by atoms with Gasteiger partial charge < -0.3 is 9.64 Å². The molecular formula is C39H33Cl3F4N2O5S. The summed E-state index contributed by atoms with van der Waals surface area (Å²) in [5.74, 6) is -6.50. The standard InChI is InChI=1S/C39H33Cl3F4N2O5S/c1-20(49)24-7-11-31(32(15-24)53-29-9-10-29)48(17-21-12-26(22-2-3-22)14-27(13-21)23-4-5-23)33(50)19-47(18-25-6-8-28(43)16-30(25)40)54(51,52)39-37(45)34(41)36(44)35(42)38(39)46/h6-8,11-16,22-23,29H,2-5,9-10,17-19H2,1H3. The van der Waals surface area contributed by atoms with Crippen LogP contribution in [-0.4, -0.2) is 37.1 Å². The highest BCUT2D eigenvalue weighted by atomic mass is 35.5. The van der Waals surface area contributed by atoms with Gasteiger partial charge in [0.15, 0.2) is 28.1 Å². The van der Waals surface area contributed by atoms with Crippen LogP contribution in [0.25, 0.3) is 0 Å². The first-order chi connectivity index (χ1) is 25.6. The molecule has 0 N–H and O–H groups in total. The molecule has 4 aromatic carbocycles. The number of hydrogen-bond acceptors (Lipinski definition) is 5. The molecule has 0 bridgehead atoms. The minimum atomic E-state index is -5.42. The molecule has 0 saturated heterocycles.